The summed E-state index contributed by atoms with van der Waals surface area (Å²) in [6.45, 7) is 3.65. The highest BCUT2D eigenvalue weighted by Crippen LogP contribution is 2.22. The van der Waals surface area contributed by atoms with Gasteiger partial charge in [-0.1, -0.05) is 18.5 Å². The zero-order valence-electron chi connectivity index (χ0n) is 15.3. The first-order valence-electron chi connectivity index (χ1n) is 8.88. The van der Waals surface area contributed by atoms with E-state index >= 15 is 0 Å². The molecule has 27 heavy (non-hydrogen) atoms. The Morgan fingerprint density at radius 1 is 1.44 bits per heavy atom. The van der Waals surface area contributed by atoms with Crippen LogP contribution in [0.2, 0.25) is 5.02 Å². The third-order valence-corrected chi connectivity index (χ3v) is 7.03. The van der Waals surface area contributed by atoms with Crippen molar-refractivity contribution < 1.29 is 13.2 Å². The maximum Gasteiger partial charge on any atom is 0.261 e. The average Bonchev–Trinajstić information content (AvgIpc) is 2.97. The van der Waals surface area contributed by atoms with Crippen molar-refractivity contribution in [2.24, 2.45) is 0 Å². The molecule has 1 aromatic heterocycles. The van der Waals surface area contributed by atoms with E-state index in [1.807, 2.05) is 13.8 Å². The van der Waals surface area contributed by atoms with Crippen LogP contribution in [0.1, 0.15) is 26.7 Å². The van der Waals surface area contributed by atoms with Gasteiger partial charge >= 0.3 is 0 Å². The van der Waals surface area contributed by atoms with E-state index in [1.165, 1.54) is 17.0 Å². The first-order chi connectivity index (χ1) is 12.7. The van der Waals surface area contributed by atoms with E-state index in [4.69, 9.17) is 11.6 Å². The van der Waals surface area contributed by atoms with Gasteiger partial charge in [0.2, 0.25) is 5.91 Å². The minimum absolute atomic E-state index is 0.0242. The fourth-order valence-electron chi connectivity index (χ4n) is 3.47. The molecule has 0 spiro atoms. The van der Waals surface area contributed by atoms with Crippen LogP contribution in [-0.2, 0) is 21.2 Å². The van der Waals surface area contributed by atoms with Crippen molar-refractivity contribution in [1.82, 2.24) is 14.5 Å². The molecule has 0 bridgehead atoms. The van der Waals surface area contributed by atoms with E-state index in [2.05, 4.69) is 4.98 Å². The number of hydrogen-bond donors (Lipinski definition) is 0. The third-order valence-electron chi connectivity index (χ3n) is 5.05. The molecule has 0 N–H and O–H groups in total. The van der Waals surface area contributed by atoms with Crippen molar-refractivity contribution in [2.45, 2.75) is 45.3 Å². The molecule has 0 saturated carbocycles. The van der Waals surface area contributed by atoms with E-state index in [9.17, 15) is 18.0 Å². The summed E-state index contributed by atoms with van der Waals surface area (Å²) < 4.78 is 25.0. The molecule has 1 aliphatic rings. The molecule has 7 nitrogen and oxygen atoms in total. The summed E-state index contributed by atoms with van der Waals surface area (Å²) in [5.74, 6) is -0.214. The van der Waals surface area contributed by atoms with Crippen molar-refractivity contribution in [3.05, 3.63) is 39.9 Å². The number of rotatable bonds is 5. The molecular weight excluding hydrogens is 390 g/mol. The Balaban J connectivity index is 1.91. The summed E-state index contributed by atoms with van der Waals surface area (Å²) in [4.78, 5) is 31.5. The number of aromatic nitrogens is 2. The highest BCUT2D eigenvalue weighted by Gasteiger charge is 2.36. The maximum atomic E-state index is 13.0. The lowest BCUT2D eigenvalue weighted by molar-refractivity contribution is -0.136. The van der Waals surface area contributed by atoms with Crippen LogP contribution < -0.4 is 5.56 Å². The highest BCUT2D eigenvalue weighted by atomic mass is 35.5. The van der Waals surface area contributed by atoms with Crippen LogP contribution in [0.15, 0.2) is 29.3 Å². The van der Waals surface area contributed by atoms with Gasteiger partial charge in [-0.2, -0.15) is 0 Å². The molecule has 0 aliphatic carbocycles. The predicted molar refractivity (Wildman–Crippen MR) is 105 cm³/mol. The molecule has 1 amide bonds. The van der Waals surface area contributed by atoms with Gasteiger partial charge in [0.1, 0.15) is 6.54 Å². The fourth-order valence-corrected chi connectivity index (χ4v) is 5.36. The zero-order valence-corrected chi connectivity index (χ0v) is 16.8. The second-order valence-electron chi connectivity index (χ2n) is 6.95. The Morgan fingerprint density at radius 2 is 2.19 bits per heavy atom. The topological polar surface area (TPSA) is 89.3 Å². The van der Waals surface area contributed by atoms with Crippen molar-refractivity contribution in [3.8, 4) is 0 Å². The maximum absolute atomic E-state index is 13.0. The quantitative estimate of drug-likeness (QED) is 0.749. The number of fused-ring (bicyclic) bond motifs is 1. The number of benzene rings is 1. The SMILES string of the molecule is CC[C@@H](C)N(C(=O)Cn1cnc2ccc(Cl)cc2c1=O)[C@H]1CCS(=O)(=O)C1. The molecule has 1 saturated heterocycles. The van der Waals surface area contributed by atoms with Crippen LogP contribution in [0.4, 0.5) is 0 Å². The normalized spacial score (nSPS) is 19.9. The Morgan fingerprint density at radius 3 is 2.81 bits per heavy atom. The van der Waals surface area contributed by atoms with Crippen LogP contribution in [0.5, 0.6) is 0 Å². The van der Waals surface area contributed by atoms with Gasteiger partial charge in [0.05, 0.1) is 28.7 Å². The van der Waals surface area contributed by atoms with Gasteiger partial charge in [-0.15, -0.1) is 0 Å². The van der Waals surface area contributed by atoms with Gasteiger partial charge in [-0.25, -0.2) is 13.4 Å². The fraction of sp³-hybridized carbons (Fsp3) is 0.500. The van der Waals surface area contributed by atoms with Gasteiger partial charge in [0.25, 0.3) is 5.56 Å². The largest absolute Gasteiger partial charge is 0.334 e. The van der Waals surface area contributed by atoms with Crippen molar-refractivity contribution in [3.63, 3.8) is 0 Å². The van der Waals surface area contributed by atoms with Gasteiger partial charge < -0.3 is 4.90 Å². The molecule has 146 valence electrons. The lowest BCUT2D eigenvalue weighted by Crippen LogP contribution is -2.48. The number of carbonyl (C=O) groups is 1. The van der Waals surface area contributed by atoms with Crippen molar-refractivity contribution >= 4 is 38.2 Å². The Bertz CT molecular complexity index is 1030. The van der Waals surface area contributed by atoms with Crippen LogP contribution in [-0.4, -0.2) is 52.4 Å². The summed E-state index contributed by atoms with van der Waals surface area (Å²) in [7, 11) is -3.12. The number of sulfone groups is 1. The monoisotopic (exact) mass is 411 g/mol. The van der Waals surface area contributed by atoms with Crippen LogP contribution in [0.25, 0.3) is 10.9 Å². The molecule has 2 heterocycles. The standard InChI is InChI=1S/C18H22ClN3O4S/c1-3-12(2)22(14-6-7-27(25,26)10-14)17(23)9-21-11-20-16-5-4-13(19)8-15(16)18(21)24/h4-5,8,11-12,14H,3,6-7,9-10H2,1-2H3/t12-,14+/m1/s1. The Labute approximate surface area is 162 Å². The van der Waals surface area contributed by atoms with E-state index < -0.39 is 9.84 Å². The summed E-state index contributed by atoms with van der Waals surface area (Å²) in [6.07, 6.45) is 2.47. The Hall–Kier alpha value is -1.93. The first kappa shape index (κ1) is 19.8. The van der Waals surface area contributed by atoms with Gasteiger partial charge in [-0.3, -0.25) is 14.2 Å². The zero-order chi connectivity index (χ0) is 19.8. The summed E-state index contributed by atoms with van der Waals surface area (Å²) in [6, 6.07) is 4.37. The highest BCUT2D eigenvalue weighted by molar-refractivity contribution is 7.91. The summed E-state index contributed by atoms with van der Waals surface area (Å²) in [5.41, 5.74) is 0.160. The lowest BCUT2D eigenvalue weighted by Gasteiger charge is -2.33. The number of amides is 1. The van der Waals surface area contributed by atoms with Gasteiger partial charge in [0.15, 0.2) is 9.84 Å². The third kappa shape index (κ3) is 4.16. The smallest absolute Gasteiger partial charge is 0.261 e. The minimum Gasteiger partial charge on any atom is -0.334 e. The molecular formula is C18H22ClN3O4S. The lowest BCUT2D eigenvalue weighted by atomic mass is 10.1. The Kier molecular flexibility index (Phi) is 5.58. The molecule has 1 fully saturated rings. The van der Waals surface area contributed by atoms with E-state index in [0.717, 1.165) is 0 Å². The minimum atomic E-state index is -3.12. The molecule has 3 rings (SSSR count). The number of halogens is 1. The second-order valence-corrected chi connectivity index (χ2v) is 9.62. The number of carbonyl (C=O) groups excluding carboxylic acids is 1. The predicted octanol–water partition coefficient (Wildman–Crippen LogP) is 1.86. The molecule has 1 aliphatic heterocycles. The average molecular weight is 412 g/mol. The van der Waals surface area contributed by atoms with Crippen LogP contribution in [0.3, 0.4) is 0 Å². The van der Waals surface area contributed by atoms with Gasteiger partial charge in [0, 0.05) is 17.1 Å². The van der Waals surface area contributed by atoms with Crippen LogP contribution >= 0.6 is 11.6 Å². The molecule has 0 unspecified atom stereocenters. The molecule has 1 aromatic carbocycles. The van der Waals surface area contributed by atoms with E-state index in [1.54, 1.807) is 17.0 Å². The van der Waals surface area contributed by atoms with Crippen molar-refractivity contribution in [2.75, 3.05) is 11.5 Å². The van der Waals surface area contributed by atoms with Crippen LogP contribution in [0, 0.1) is 0 Å². The molecule has 2 aromatic rings. The second kappa shape index (κ2) is 7.59. The van der Waals surface area contributed by atoms with Crippen molar-refractivity contribution in [1.29, 1.82) is 0 Å². The number of nitrogens with zero attached hydrogens (tertiary/aromatic N) is 3. The van der Waals surface area contributed by atoms with E-state index in [0.29, 0.717) is 28.8 Å². The number of hydrogen-bond acceptors (Lipinski definition) is 5. The molecule has 0 radical (unpaired) electrons. The van der Waals surface area contributed by atoms with Gasteiger partial charge in [-0.05, 0) is 38.0 Å². The molecule has 2 atom stereocenters. The summed E-state index contributed by atoms with van der Waals surface area (Å²) in [5, 5.41) is 0.763. The first-order valence-corrected chi connectivity index (χ1v) is 11.1. The molecule has 9 heteroatoms. The van der Waals surface area contributed by atoms with E-state index in [-0.39, 0.29) is 41.6 Å². The summed E-state index contributed by atoms with van der Waals surface area (Å²) >= 11 is 5.96.